The van der Waals surface area contributed by atoms with Gasteiger partial charge >= 0.3 is 0 Å². The molecule has 0 aliphatic heterocycles. The Bertz CT molecular complexity index is 678. The standard InChI is InChI=1S/C15H21N5O/c1-9-4-2-3-5-12(9)19-14-11(15(17)21)7-18-20-8-10(16)6-13(14)20/h6-9,12,19H,2-5,16H2,1H3,(H2,17,21)/t9-,12+/m1/s1. The van der Waals surface area contributed by atoms with Crippen LogP contribution in [-0.4, -0.2) is 21.6 Å². The highest BCUT2D eigenvalue weighted by Crippen LogP contribution is 2.30. The smallest absolute Gasteiger partial charge is 0.252 e. The zero-order valence-electron chi connectivity index (χ0n) is 12.2. The molecule has 1 amide bonds. The Morgan fingerprint density at radius 2 is 2.19 bits per heavy atom. The zero-order valence-corrected chi connectivity index (χ0v) is 12.2. The highest BCUT2D eigenvalue weighted by molar-refractivity contribution is 6.02. The molecule has 6 heteroatoms. The van der Waals surface area contributed by atoms with E-state index in [1.165, 1.54) is 25.5 Å². The van der Waals surface area contributed by atoms with Crippen LogP contribution in [0.3, 0.4) is 0 Å². The van der Waals surface area contributed by atoms with Crippen LogP contribution in [-0.2, 0) is 0 Å². The van der Waals surface area contributed by atoms with Gasteiger partial charge in [0.2, 0.25) is 0 Å². The molecule has 112 valence electrons. The quantitative estimate of drug-likeness (QED) is 0.804. The molecule has 2 heterocycles. The summed E-state index contributed by atoms with van der Waals surface area (Å²) in [7, 11) is 0. The van der Waals surface area contributed by atoms with Crippen molar-refractivity contribution in [1.82, 2.24) is 9.61 Å². The van der Waals surface area contributed by atoms with Gasteiger partial charge in [-0.3, -0.25) is 4.79 Å². The molecule has 0 radical (unpaired) electrons. The summed E-state index contributed by atoms with van der Waals surface area (Å²) in [6.45, 7) is 2.24. The molecule has 1 saturated carbocycles. The Kier molecular flexibility index (Phi) is 3.45. The first-order chi connectivity index (χ1) is 10.1. The van der Waals surface area contributed by atoms with E-state index < -0.39 is 5.91 Å². The molecule has 0 spiro atoms. The molecular weight excluding hydrogens is 266 g/mol. The normalized spacial score (nSPS) is 22.3. The lowest BCUT2D eigenvalue weighted by Crippen LogP contribution is -2.31. The number of amides is 1. The number of primary amides is 1. The second kappa shape index (κ2) is 5.27. The van der Waals surface area contributed by atoms with Crippen LogP contribution in [0.1, 0.15) is 43.0 Å². The van der Waals surface area contributed by atoms with Crippen molar-refractivity contribution in [3.8, 4) is 0 Å². The van der Waals surface area contributed by atoms with Crippen LogP contribution in [0.5, 0.6) is 0 Å². The average molecular weight is 287 g/mol. The fourth-order valence-corrected chi connectivity index (χ4v) is 3.13. The van der Waals surface area contributed by atoms with E-state index in [0.717, 1.165) is 17.6 Å². The number of nitrogens with one attached hydrogen (secondary N) is 1. The number of aromatic nitrogens is 2. The van der Waals surface area contributed by atoms with E-state index in [1.807, 2.05) is 6.07 Å². The van der Waals surface area contributed by atoms with E-state index in [-0.39, 0.29) is 0 Å². The predicted molar refractivity (Wildman–Crippen MR) is 83.2 cm³/mol. The van der Waals surface area contributed by atoms with Gasteiger partial charge in [0.1, 0.15) is 0 Å². The van der Waals surface area contributed by atoms with E-state index in [4.69, 9.17) is 11.5 Å². The molecule has 6 nitrogen and oxygen atoms in total. The molecule has 2 atom stereocenters. The fourth-order valence-electron chi connectivity index (χ4n) is 3.13. The molecule has 0 saturated heterocycles. The number of hydrogen-bond donors (Lipinski definition) is 3. The molecule has 21 heavy (non-hydrogen) atoms. The van der Waals surface area contributed by atoms with Crippen LogP contribution < -0.4 is 16.8 Å². The first-order valence-corrected chi connectivity index (χ1v) is 7.39. The van der Waals surface area contributed by atoms with Crippen molar-refractivity contribution in [1.29, 1.82) is 0 Å². The second-order valence-corrected chi connectivity index (χ2v) is 5.91. The van der Waals surface area contributed by atoms with Crippen LogP contribution in [0, 0.1) is 5.92 Å². The van der Waals surface area contributed by atoms with Crippen LogP contribution in [0.25, 0.3) is 5.52 Å². The lowest BCUT2D eigenvalue weighted by molar-refractivity contribution is 0.100. The molecule has 2 aromatic rings. The molecule has 1 aliphatic carbocycles. The maximum absolute atomic E-state index is 11.7. The Hall–Kier alpha value is -2.24. The summed E-state index contributed by atoms with van der Waals surface area (Å²) < 4.78 is 1.68. The number of fused-ring (bicyclic) bond motifs is 1. The molecule has 0 bridgehead atoms. The minimum atomic E-state index is -0.476. The number of nitrogen functional groups attached to an aromatic ring is 1. The first-order valence-electron chi connectivity index (χ1n) is 7.39. The SMILES string of the molecule is C[C@@H]1CCCC[C@@H]1Nc1c(C(N)=O)cnn2cc(N)cc12. The van der Waals surface area contributed by atoms with Gasteiger partial charge in [0.25, 0.3) is 5.91 Å². The Balaban J connectivity index is 2.05. The summed E-state index contributed by atoms with van der Waals surface area (Å²) in [6.07, 6.45) is 8.02. The van der Waals surface area contributed by atoms with Crippen LogP contribution in [0.2, 0.25) is 0 Å². The summed E-state index contributed by atoms with van der Waals surface area (Å²) in [5.41, 5.74) is 13.9. The molecule has 0 aromatic carbocycles. The average Bonchev–Trinajstić information content (AvgIpc) is 2.82. The highest BCUT2D eigenvalue weighted by Gasteiger charge is 2.24. The summed E-state index contributed by atoms with van der Waals surface area (Å²) in [4.78, 5) is 11.7. The number of anilines is 2. The van der Waals surface area contributed by atoms with E-state index >= 15 is 0 Å². The Morgan fingerprint density at radius 3 is 2.90 bits per heavy atom. The summed E-state index contributed by atoms with van der Waals surface area (Å²) in [5, 5.41) is 7.71. The maximum Gasteiger partial charge on any atom is 0.252 e. The van der Waals surface area contributed by atoms with Gasteiger partial charge < -0.3 is 16.8 Å². The van der Waals surface area contributed by atoms with Gasteiger partial charge in [-0.05, 0) is 24.8 Å². The van der Waals surface area contributed by atoms with E-state index in [0.29, 0.717) is 23.2 Å². The molecule has 2 aromatic heterocycles. The van der Waals surface area contributed by atoms with Gasteiger partial charge in [-0.15, -0.1) is 0 Å². The van der Waals surface area contributed by atoms with E-state index in [9.17, 15) is 4.79 Å². The van der Waals surface area contributed by atoms with Crippen molar-refractivity contribution in [2.45, 2.75) is 38.6 Å². The summed E-state index contributed by atoms with van der Waals surface area (Å²) in [5.74, 6) is 0.0933. The van der Waals surface area contributed by atoms with Gasteiger partial charge in [-0.2, -0.15) is 5.10 Å². The fraction of sp³-hybridized carbons (Fsp3) is 0.467. The molecule has 5 N–H and O–H groups in total. The van der Waals surface area contributed by atoms with Gasteiger partial charge in [-0.1, -0.05) is 19.8 Å². The largest absolute Gasteiger partial charge is 0.397 e. The van der Waals surface area contributed by atoms with Crippen molar-refractivity contribution in [2.24, 2.45) is 11.7 Å². The van der Waals surface area contributed by atoms with Gasteiger partial charge in [-0.25, -0.2) is 4.52 Å². The highest BCUT2D eigenvalue weighted by atomic mass is 16.1. The van der Waals surface area contributed by atoms with Crippen LogP contribution in [0.4, 0.5) is 11.4 Å². The predicted octanol–water partition coefficient (Wildman–Crippen LogP) is 2.01. The maximum atomic E-state index is 11.7. The number of carbonyl (C=O) groups excluding carboxylic acids is 1. The third-order valence-corrected chi connectivity index (χ3v) is 4.36. The number of rotatable bonds is 3. The van der Waals surface area contributed by atoms with Crippen molar-refractivity contribution in [3.63, 3.8) is 0 Å². The number of nitrogens with zero attached hydrogens (tertiary/aromatic N) is 2. The van der Waals surface area contributed by atoms with E-state index in [1.54, 1.807) is 10.7 Å². The summed E-state index contributed by atoms with van der Waals surface area (Å²) >= 11 is 0. The van der Waals surface area contributed by atoms with E-state index in [2.05, 4.69) is 17.3 Å². The third-order valence-electron chi connectivity index (χ3n) is 4.36. The lowest BCUT2D eigenvalue weighted by atomic mass is 9.85. The first kappa shape index (κ1) is 13.7. The van der Waals surface area contributed by atoms with Crippen molar-refractivity contribution < 1.29 is 4.79 Å². The zero-order chi connectivity index (χ0) is 15.0. The van der Waals surface area contributed by atoms with Crippen molar-refractivity contribution >= 4 is 22.8 Å². The molecule has 0 unspecified atom stereocenters. The van der Waals surface area contributed by atoms with Crippen molar-refractivity contribution in [3.05, 3.63) is 24.0 Å². The third kappa shape index (κ3) is 2.53. The molecule has 1 aliphatic rings. The monoisotopic (exact) mass is 287 g/mol. The van der Waals surface area contributed by atoms with Crippen LogP contribution >= 0.6 is 0 Å². The minimum absolute atomic E-state index is 0.346. The summed E-state index contributed by atoms with van der Waals surface area (Å²) in [6, 6.07) is 2.16. The number of hydrogen-bond acceptors (Lipinski definition) is 4. The van der Waals surface area contributed by atoms with Crippen LogP contribution in [0.15, 0.2) is 18.5 Å². The van der Waals surface area contributed by atoms with Crippen molar-refractivity contribution in [2.75, 3.05) is 11.1 Å². The second-order valence-electron chi connectivity index (χ2n) is 5.91. The van der Waals surface area contributed by atoms with Gasteiger partial charge in [0, 0.05) is 6.04 Å². The van der Waals surface area contributed by atoms with Gasteiger partial charge in [0.05, 0.1) is 34.8 Å². The molecule has 3 rings (SSSR count). The minimum Gasteiger partial charge on any atom is -0.397 e. The topological polar surface area (TPSA) is 98.4 Å². The Morgan fingerprint density at radius 1 is 1.43 bits per heavy atom. The number of carbonyl (C=O) groups is 1. The molecular formula is C15H21N5O. The van der Waals surface area contributed by atoms with Gasteiger partial charge in [0.15, 0.2) is 0 Å². The molecule has 1 fully saturated rings. The Labute approximate surface area is 123 Å². The number of nitrogens with two attached hydrogens (primary N) is 2. The lowest BCUT2D eigenvalue weighted by Gasteiger charge is -2.31.